The summed E-state index contributed by atoms with van der Waals surface area (Å²) in [5.74, 6) is 0. The molecule has 1 atom stereocenters. The number of aliphatic hydroxyl groups excluding tert-OH is 1. The third kappa shape index (κ3) is 2.24. The van der Waals surface area contributed by atoms with Crippen LogP contribution in [0, 0.1) is 13.8 Å². The number of thiophene rings is 1. The van der Waals surface area contributed by atoms with Crippen LogP contribution in [0.2, 0.25) is 0 Å². The lowest BCUT2D eigenvalue weighted by molar-refractivity contribution is 0.172. The van der Waals surface area contributed by atoms with E-state index in [1.54, 1.807) is 17.6 Å². The van der Waals surface area contributed by atoms with Crippen LogP contribution >= 0.6 is 11.3 Å². The Morgan fingerprint density at radius 3 is 2.80 bits per heavy atom. The van der Waals surface area contributed by atoms with E-state index in [-0.39, 0.29) is 0 Å². The number of rotatable bonds is 2. The van der Waals surface area contributed by atoms with Crippen molar-refractivity contribution in [3.05, 3.63) is 33.2 Å². The van der Waals surface area contributed by atoms with E-state index in [0.717, 1.165) is 29.9 Å². The molecular formula is C12H16O2S. The molecule has 1 aliphatic rings. The quantitative estimate of drug-likeness (QED) is 0.836. The van der Waals surface area contributed by atoms with Gasteiger partial charge in [0.15, 0.2) is 0 Å². The molecule has 0 saturated carbocycles. The van der Waals surface area contributed by atoms with Gasteiger partial charge in [-0.05, 0) is 43.9 Å². The van der Waals surface area contributed by atoms with Gasteiger partial charge in [-0.1, -0.05) is 0 Å². The Balaban J connectivity index is 2.19. The standard InChI is InChI=1S/C12H16O2S/c1-8-6-11(15-9(8)2)12(13)10-4-3-5-14-7-10/h6-7,12-13H,3-5H2,1-2H3. The highest BCUT2D eigenvalue weighted by Gasteiger charge is 2.18. The second kappa shape index (κ2) is 4.37. The maximum atomic E-state index is 10.1. The Bertz CT molecular complexity index is 359. The first kappa shape index (κ1) is 10.7. The molecule has 1 aromatic heterocycles. The highest BCUT2D eigenvalue weighted by molar-refractivity contribution is 7.12. The summed E-state index contributed by atoms with van der Waals surface area (Å²) < 4.78 is 5.24. The fourth-order valence-corrected chi connectivity index (χ4v) is 2.78. The second-order valence-corrected chi connectivity index (χ2v) is 5.25. The molecule has 2 heterocycles. The van der Waals surface area contributed by atoms with E-state index in [4.69, 9.17) is 4.74 Å². The Kier molecular flexibility index (Phi) is 3.12. The van der Waals surface area contributed by atoms with Crippen LogP contribution in [0.1, 0.15) is 34.3 Å². The third-order valence-corrected chi connectivity index (χ3v) is 3.97. The molecule has 0 amide bonds. The summed E-state index contributed by atoms with van der Waals surface area (Å²) in [5, 5.41) is 10.1. The number of hydrogen-bond donors (Lipinski definition) is 1. The van der Waals surface area contributed by atoms with Crippen molar-refractivity contribution in [1.29, 1.82) is 0 Å². The topological polar surface area (TPSA) is 29.5 Å². The molecule has 2 rings (SSSR count). The minimum atomic E-state index is -0.470. The summed E-state index contributed by atoms with van der Waals surface area (Å²) >= 11 is 1.67. The van der Waals surface area contributed by atoms with Crippen molar-refractivity contribution in [3.63, 3.8) is 0 Å². The molecule has 82 valence electrons. The molecule has 0 aliphatic carbocycles. The van der Waals surface area contributed by atoms with Gasteiger partial charge in [-0.15, -0.1) is 11.3 Å². The summed E-state index contributed by atoms with van der Waals surface area (Å²) in [5.41, 5.74) is 2.26. The van der Waals surface area contributed by atoms with Gasteiger partial charge in [0.1, 0.15) is 6.10 Å². The fourth-order valence-electron chi connectivity index (χ4n) is 1.70. The maximum absolute atomic E-state index is 10.1. The number of aliphatic hydroxyl groups is 1. The zero-order valence-electron chi connectivity index (χ0n) is 9.12. The van der Waals surface area contributed by atoms with Gasteiger partial charge in [-0.3, -0.25) is 0 Å². The highest BCUT2D eigenvalue weighted by Crippen LogP contribution is 2.33. The van der Waals surface area contributed by atoms with Crippen molar-refractivity contribution in [2.45, 2.75) is 32.8 Å². The van der Waals surface area contributed by atoms with Crippen LogP contribution in [0.4, 0.5) is 0 Å². The summed E-state index contributed by atoms with van der Waals surface area (Å²) in [6, 6.07) is 2.07. The van der Waals surface area contributed by atoms with Gasteiger partial charge in [0.2, 0.25) is 0 Å². The van der Waals surface area contributed by atoms with Crippen molar-refractivity contribution < 1.29 is 9.84 Å². The SMILES string of the molecule is Cc1cc(C(O)C2=COCCC2)sc1C. The molecule has 2 nitrogen and oxygen atoms in total. The van der Waals surface area contributed by atoms with Gasteiger partial charge in [0, 0.05) is 9.75 Å². The number of ether oxygens (including phenoxy) is 1. The zero-order chi connectivity index (χ0) is 10.8. The van der Waals surface area contributed by atoms with Gasteiger partial charge < -0.3 is 9.84 Å². The minimum absolute atomic E-state index is 0.470. The average molecular weight is 224 g/mol. The smallest absolute Gasteiger partial charge is 0.112 e. The summed E-state index contributed by atoms with van der Waals surface area (Å²) in [4.78, 5) is 2.31. The van der Waals surface area contributed by atoms with Crippen LogP contribution in [-0.4, -0.2) is 11.7 Å². The Morgan fingerprint density at radius 2 is 2.27 bits per heavy atom. The largest absolute Gasteiger partial charge is 0.501 e. The first-order chi connectivity index (χ1) is 7.18. The van der Waals surface area contributed by atoms with Gasteiger partial charge in [-0.2, -0.15) is 0 Å². The Hall–Kier alpha value is -0.800. The van der Waals surface area contributed by atoms with E-state index in [9.17, 15) is 5.11 Å². The molecule has 1 unspecified atom stereocenters. The van der Waals surface area contributed by atoms with Crippen molar-refractivity contribution in [2.75, 3.05) is 6.61 Å². The van der Waals surface area contributed by atoms with E-state index in [0.29, 0.717) is 0 Å². The predicted molar refractivity (Wildman–Crippen MR) is 62.0 cm³/mol. The first-order valence-corrected chi connectivity index (χ1v) is 6.05. The predicted octanol–water partition coefficient (Wildman–Crippen LogP) is 3.09. The van der Waals surface area contributed by atoms with E-state index >= 15 is 0 Å². The molecule has 1 N–H and O–H groups in total. The van der Waals surface area contributed by atoms with Crippen LogP contribution in [0.15, 0.2) is 17.9 Å². The molecule has 0 bridgehead atoms. The van der Waals surface area contributed by atoms with Crippen LogP contribution in [-0.2, 0) is 4.74 Å². The highest BCUT2D eigenvalue weighted by atomic mass is 32.1. The van der Waals surface area contributed by atoms with Gasteiger partial charge in [0.05, 0.1) is 12.9 Å². The summed E-state index contributed by atoms with van der Waals surface area (Å²) in [6.45, 7) is 4.94. The van der Waals surface area contributed by atoms with Crippen LogP contribution in [0.3, 0.4) is 0 Å². The lowest BCUT2D eigenvalue weighted by Crippen LogP contribution is -2.06. The first-order valence-electron chi connectivity index (χ1n) is 5.24. The molecule has 15 heavy (non-hydrogen) atoms. The zero-order valence-corrected chi connectivity index (χ0v) is 9.93. The van der Waals surface area contributed by atoms with E-state index in [2.05, 4.69) is 19.9 Å². The average Bonchev–Trinajstić information content (AvgIpc) is 2.59. The Morgan fingerprint density at radius 1 is 1.47 bits per heavy atom. The molecule has 0 saturated heterocycles. The van der Waals surface area contributed by atoms with Crippen molar-refractivity contribution in [1.82, 2.24) is 0 Å². The fraction of sp³-hybridized carbons (Fsp3) is 0.500. The molecule has 1 aliphatic heterocycles. The minimum Gasteiger partial charge on any atom is -0.501 e. The van der Waals surface area contributed by atoms with Crippen LogP contribution in [0.5, 0.6) is 0 Å². The molecule has 0 spiro atoms. The van der Waals surface area contributed by atoms with Crippen molar-refractivity contribution in [2.24, 2.45) is 0 Å². The van der Waals surface area contributed by atoms with E-state index in [1.165, 1.54) is 10.4 Å². The third-order valence-electron chi connectivity index (χ3n) is 2.77. The van der Waals surface area contributed by atoms with Crippen molar-refractivity contribution >= 4 is 11.3 Å². The second-order valence-electron chi connectivity index (χ2n) is 3.96. The monoisotopic (exact) mass is 224 g/mol. The maximum Gasteiger partial charge on any atom is 0.112 e. The molecule has 3 heteroatoms. The van der Waals surface area contributed by atoms with E-state index in [1.807, 2.05) is 0 Å². The molecule has 0 radical (unpaired) electrons. The van der Waals surface area contributed by atoms with Gasteiger partial charge >= 0.3 is 0 Å². The van der Waals surface area contributed by atoms with Crippen LogP contribution in [0.25, 0.3) is 0 Å². The summed E-state index contributed by atoms with van der Waals surface area (Å²) in [7, 11) is 0. The lowest BCUT2D eigenvalue weighted by atomic mass is 10.0. The Labute approximate surface area is 94.2 Å². The number of hydrogen-bond acceptors (Lipinski definition) is 3. The van der Waals surface area contributed by atoms with E-state index < -0.39 is 6.10 Å². The van der Waals surface area contributed by atoms with Gasteiger partial charge in [-0.25, -0.2) is 0 Å². The molecule has 1 aromatic rings. The van der Waals surface area contributed by atoms with Crippen LogP contribution < -0.4 is 0 Å². The van der Waals surface area contributed by atoms with Gasteiger partial charge in [0.25, 0.3) is 0 Å². The normalized spacial score (nSPS) is 18.2. The molecule has 0 fully saturated rings. The summed E-state index contributed by atoms with van der Waals surface area (Å²) in [6.07, 6.45) is 3.20. The molecular weight excluding hydrogens is 208 g/mol. The lowest BCUT2D eigenvalue weighted by Gasteiger charge is -2.17. The van der Waals surface area contributed by atoms with Crippen molar-refractivity contribution in [3.8, 4) is 0 Å². The number of aryl methyl sites for hydroxylation is 2. The molecule has 0 aromatic carbocycles.